The minimum absolute atomic E-state index is 0.220. The van der Waals surface area contributed by atoms with E-state index in [4.69, 9.17) is 32.7 Å². The maximum Gasteiger partial charge on any atom is 0.148 e. The quantitative estimate of drug-likeness (QED) is 0.358. The van der Waals surface area contributed by atoms with E-state index in [1.54, 1.807) is 0 Å². The Hall–Kier alpha value is 0.500. The van der Waals surface area contributed by atoms with Crippen molar-refractivity contribution < 1.29 is 9.47 Å². The first-order valence-electron chi connectivity index (χ1n) is 2.70. The monoisotopic (exact) mass is 172 g/mol. The molecule has 0 aromatic heterocycles. The summed E-state index contributed by atoms with van der Waals surface area (Å²) in [5.41, 5.74) is -0.432. The Balaban J connectivity index is 2.88. The van der Waals surface area contributed by atoms with Crippen LogP contribution < -0.4 is 0 Å². The van der Waals surface area contributed by atoms with Crippen molar-refractivity contribution in [1.82, 2.24) is 0 Å². The van der Waals surface area contributed by atoms with Crippen LogP contribution in [0.3, 0.4) is 0 Å². The summed E-state index contributed by atoms with van der Waals surface area (Å²) in [6.07, 6.45) is 0. The van der Waals surface area contributed by atoms with Gasteiger partial charge in [0.1, 0.15) is 12.4 Å². The van der Waals surface area contributed by atoms with Gasteiger partial charge in [-0.25, -0.2) is 0 Å². The fraction of sp³-hybridized carbons (Fsp3) is 1.00. The molecule has 56 valence electrons. The van der Waals surface area contributed by atoms with E-state index in [0.29, 0.717) is 6.61 Å². The van der Waals surface area contributed by atoms with Crippen molar-refractivity contribution in [2.24, 2.45) is 0 Å². The molecular weight excluding hydrogens is 163 g/mol. The highest BCUT2D eigenvalue weighted by Crippen LogP contribution is 1.99. The molecule has 0 heterocycles. The van der Waals surface area contributed by atoms with Crippen LogP contribution in [0.25, 0.3) is 0 Å². The third-order valence-electron chi connectivity index (χ3n) is 0.658. The third-order valence-corrected chi connectivity index (χ3v) is 1.38. The summed E-state index contributed by atoms with van der Waals surface area (Å²) in [7, 11) is 0. The largest absolute Gasteiger partial charge is 0.356 e. The van der Waals surface area contributed by atoms with Gasteiger partial charge in [0.15, 0.2) is 0 Å². The zero-order chi connectivity index (χ0) is 7.11. The van der Waals surface area contributed by atoms with E-state index in [0.717, 1.165) is 0 Å². The lowest BCUT2D eigenvalue weighted by Crippen LogP contribution is -2.09. The molecule has 0 aliphatic carbocycles. The lowest BCUT2D eigenvalue weighted by molar-refractivity contribution is -0.0561. The molecule has 1 atom stereocenters. The summed E-state index contributed by atoms with van der Waals surface area (Å²) < 4.78 is 9.68. The number of ether oxygens (including phenoxy) is 2. The van der Waals surface area contributed by atoms with E-state index in [-0.39, 0.29) is 12.7 Å². The van der Waals surface area contributed by atoms with Crippen LogP contribution in [-0.2, 0) is 9.47 Å². The smallest absolute Gasteiger partial charge is 0.148 e. The van der Waals surface area contributed by atoms with Gasteiger partial charge in [0.25, 0.3) is 0 Å². The third kappa shape index (κ3) is 6.38. The molecular formula is C5H10Cl2O2. The van der Waals surface area contributed by atoms with Crippen LogP contribution in [-0.4, -0.2) is 24.8 Å². The highest BCUT2D eigenvalue weighted by Gasteiger charge is 1.99. The van der Waals surface area contributed by atoms with Gasteiger partial charge in [-0.3, -0.25) is 0 Å². The van der Waals surface area contributed by atoms with E-state index in [2.05, 4.69) is 0 Å². The molecule has 2 nitrogen and oxygen atoms in total. The SMILES string of the molecule is CCOCOC(Cl)CCl. The van der Waals surface area contributed by atoms with Gasteiger partial charge < -0.3 is 9.47 Å². The number of halogens is 2. The minimum atomic E-state index is -0.432. The van der Waals surface area contributed by atoms with Crippen molar-refractivity contribution in [2.75, 3.05) is 19.3 Å². The van der Waals surface area contributed by atoms with Crippen LogP contribution in [0.2, 0.25) is 0 Å². The molecule has 9 heavy (non-hydrogen) atoms. The van der Waals surface area contributed by atoms with Gasteiger partial charge in [-0.05, 0) is 6.92 Å². The van der Waals surface area contributed by atoms with Crippen LogP contribution in [0.4, 0.5) is 0 Å². The van der Waals surface area contributed by atoms with E-state index in [1.807, 2.05) is 6.92 Å². The average Bonchev–Trinajstić information content (AvgIpc) is 1.89. The van der Waals surface area contributed by atoms with Crippen LogP contribution in [0.15, 0.2) is 0 Å². The summed E-state index contributed by atoms with van der Waals surface area (Å²) in [6.45, 7) is 2.73. The molecule has 0 bridgehead atoms. The zero-order valence-corrected chi connectivity index (χ0v) is 6.78. The molecule has 0 rings (SSSR count). The molecule has 0 radical (unpaired) electrons. The molecule has 0 N–H and O–H groups in total. The second-order valence-corrected chi connectivity index (χ2v) is 2.14. The highest BCUT2D eigenvalue weighted by atomic mass is 35.5. The molecule has 0 saturated carbocycles. The lowest BCUT2D eigenvalue weighted by atomic mass is 10.8. The highest BCUT2D eigenvalue weighted by molar-refractivity contribution is 6.27. The number of hydrogen-bond acceptors (Lipinski definition) is 2. The predicted octanol–water partition coefficient (Wildman–Crippen LogP) is 1.80. The topological polar surface area (TPSA) is 18.5 Å². The summed E-state index contributed by atoms with van der Waals surface area (Å²) >= 11 is 10.8. The van der Waals surface area contributed by atoms with Gasteiger partial charge in [-0.1, -0.05) is 11.6 Å². The molecule has 0 aliphatic heterocycles. The summed E-state index contributed by atoms with van der Waals surface area (Å²) in [5, 5.41) is 0. The fourth-order valence-corrected chi connectivity index (χ4v) is 0.390. The molecule has 0 spiro atoms. The second kappa shape index (κ2) is 6.62. The number of alkyl halides is 2. The van der Waals surface area contributed by atoms with Gasteiger partial charge in [-0.15, -0.1) is 11.6 Å². The van der Waals surface area contributed by atoms with Gasteiger partial charge in [0.2, 0.25) is 0 Å². The van der Waals surface area contributed by atoms with Crippen molar-refractivity contribution in [2.45, 2.75) is 12.5 Å². The van der Waals surface area contributed by atoms with E-state index in [9.17, 15) is 0 Å². The summed E-state index contributed by atoms with van der Waals surface area (Å²) in [4.78, 5) is 0. The molecule has 0 fully saturated rings. The average molecular weight is 173 g/mol. The Labute approximate surface area is 65.0 Å². The van der Waals surface area contributed by atoms with Crippen LogP contribution in [0.1, 0.15) is 6.92 Å². The van der Waals surface area contributed by atoms with E-state index < -0.39 is 5.56 Å². The van der Waals surface area contributed by atoms with E-state index in [1.165, 1.54) is 0 Å². The van der Waals surface area contributed by atoms with Crippen LogP contribution in [0.5, 0.6) is 0 Å². The van der Waals surface area contributed by atoms with Crippen LogP contribution >= 0.6 is 23.2 Å². The number of rotatable bonds is 5. The van der Waals surface area contributed by atoms with Crippen molar-refractivity contribution >= 4 is 23.2 Å². The standard InChI is InChI=1S/C5H10Cl2O2/c1-2-8-4-9-5(7)3-6/h5H,2-4H2,1H3. The van der Waals surface area contributed by atoms with Crippen molar-refractivity contribution in [3.05, 3.63) is 0 Å². The number of hydrogen-bond donors (Lipinski definition) is 0. The van der Waals surface area contributed by atoms with Crippen molar-refractivity contribution in [3.8, 4) is 0 Å². The zero-order valence-electron chi connectivity index (χ0n) is 5.27. The van der Waals surface area contributed by atoms with E-state index >= 15 is 0 Å². The first-order chi connectivity index (χ1) is 4.31. The first kappa shape index (κ1) is 9.50. The molecule has 4 heteroatoms. The van der Waals surface area contributed by atoms with Crippen LogP contribution in [0, 0.1) is 0 Å². The van der Waals surface area contributed by atoms with Gasteiger partial charge in [0.05, 0.1) is 5.88 Å². The maximum atomic E-state index is 5.47. The lowest BCUT2D eigenvalue weighted by Gasteiger charge is -2.05. The predicted molar refractivity (Wildman–Crippen MR) is 37.9 cm³/mol. The normalized spacial score (nSPS) is 13.7. The van der Waals surface area contributed by atoms with Gasteiger partial charge in [0, 0.05) is 6.61 Å². The second-order valence-electron chi connectivity index (χ2n) is 1.34. The first-order valence-corrected chi connectivity index (χ1v) is 3.67. The molecule has 1 unspecified atom stereocenters. The van der Waals surface area contributed by atoms with Gasteiger partial charge in [-0.2, -0.15) is 0 Å². The Morgan fingerprint density at radius 3 is 2.67 bits per heavy atom. The van der Waals surface area contributed by atoms with Crippen molar-refractivity contribution in [1.29, 1.82) is 0 Å². The Morgan fingerprint density at radius 2 is 2.22 bits per heavy atom. The molecule has 0 aliphatic rings. The molecule has 0 aromatic rings. The van der Waals surface area contributed by atoms with Gasteiger partial charge >= 0.3 is 0 Å². The molecule has 0 amide bonds. The summed E-state index contributed by atoms with van der Waals surface area (Å²) in [6, 6.07) is 0. The Morgan fingerprint density at radius 1 is 1.56 bits per heavy atom. The maximum absolute atomic E-state index is 5.47. The molecule has 0 aromatic carbocycles. The Bertz CT molecular complexity index is 60.9. The van der Waals surface area contributed by atoms with Crippen molar-refractivity contribution in [3.63, 3.8) is 0 Å². The molecule has 0 saturated heterocycles. The Kier molecular flexibility index (Phi) is 6.99. The fourth-order valence-electron chi connectivity index (χ4n) is 0.250. The minimum Gasteiger partial charge on any atom is -0.356 e. The summed E-state index contributed by atoms with van der Waals surface area (Å²) in [5.74, 6) is 0.286.